The predicted molar refractivity (Wildman–Crippen MR) is 113 cm³/mol. The highest BCUT2D eigenvalue weighted by atomic mass is 16.6. The topological polar surface area (TPSA) is 68.6 Å². The zero-order chi connectivity index (χ0) is 20.2. The second-order valence-corrected chi connectivity index (χ2v) is 6.59. The number of nitro groups is 1. The normalized spacial score (nSPS) is 11.4. The molecule has 0 unspecified atom stereocenters. The van der Waals surface area contributed by atoms with E-state index in [9.17, 15) is 10.1 Å². The number of aryl methyl sites for hydroxylation is 1. The van der Waals surface area contributed by atoms with Gasteiger partial charge >= 0.3 is 0 Å². The van der Waals surface area contributed by atoms with E-state index in [4.69, 9.17) is 4.42 Å². The molecule has 0 radical (unpaired) electrons. The van der Waals surface area contributed by atoms with Crippen molar-refractivity contribution in [3.8, 4) is 22.5 Å². The van der Waals surface area contributed by atoms with E-state index >= 15 is 0 Å². The number of rotatable bonds is 4. The summed E-state index contributed by atoms with van der Waals surface area (Å²) in [6, 6.07) is 28.1. The van der Waals surface area contributed by atoms with Crippen LogP contribution in [0.2, 0.25) is 0 Å². The molecule has 0 aliphatic heterocycles. The Morgan fingerprint density at radius 3 is 2.00 bits per heavy atom. The Morgan fingerprint density at radius 1 is 0.828 bits per heavy atom. The lowest BCUT2D eigenvalue weighted by molar-refractivity contribution is -0.384. The summed E-state index contributed by atoms with van der Waals surface area (Å²) in [6.45, 7) is 1.94. The summed E-state index contributed by atoms with van der Waals surface area (Å²) in [4.78, 5) is 15.0. The van der Waals surface area contributed by atoms with Gasteiger partial charge in [-0.25, -0.2) is 4.99 Å². The van der Waals surface area contributed by atoms with Crippen LogP contribution in [-0.2, 0) is 0 Å². The largest absolute Gasteiger partial charge is 0.437 e. The Kier molecular flexibility index (Phi) is 5.03. The average Bonchev–Trinajstić information content (AvgIpc) is 2.76. The van der Waals surface area contributed by atoms with Gasteiger partial charge in [0.15, 0.2) is 0 Å². The lowest BCUT2D eigenvalue weighted by atomic mass is 9.99. The van der Waals surface area contributed by atoms with E-state index in [1.165, 1.54) is 12.1 Å². The molecular weight excluding hydrogens is 364 g/mol. The summed E-state index contributed by atoms with van der Waals surface area (Å²) in [6.07, 6.45) is 0. The molecule has 5 heteroatoms. The number of hydrogen-bond acceptors (Lipinski definition) is 4. The first-order valence-corrected chi connectivity index (χ1v) is 9.16. The molecule has 0 aliphatic carbocycles. The molecule has 5 nitrogen and oxygen atoms in total. The van der Waals surface area contributed by atoms with Crippen molar-refractivity contribution >= 4 is 11.4 Å². The molecule has 0 N–H and O–H groups in total. The minimum atomic E-state index is -0.429. The van der Waals surface area contributed by atoms with Crippen molar-refractivity contribution in [2.24, 2.45) is 4.99 Å². The standard InChI is InChI=1S/C24H18N2O3/c1-17-16-22(18-8-4-2-5-9-18)23(19-10-6-3-7-11-19)29-24(17)25-20-12-14-21(15-13-20)26(27)28/h2-16H,1H3. The van der Waals surface area contributed by atoms with Crippen LogP contribution in [0.3, 0.4) is 0 Å². The Balaban J connectivity index is 1.89. The van der Waals surface area contributed by atoms with Crippen LogP contribution in [0.25, 0.3) is 22.5 Å². The minimum Gasteiger partial charge on any atom is -0.437 e. The maximum Gasteiger partial charge on any atom is 0.269 e. The first-order chi connectivity index (χ1) is 14.1. The Bertz CT molecular complexity index is 1210. The van der Waals surface area contributed by atoms with Gasteiger partial charge in [0.05, 0.1) is 10.6 Å². The maximum atomic E-state index is 10.9. The minimum absolute atomic E-state index is 0.0296. The third-order valence-electron chi connectivity index (χ3n) is 4.55. The highest BCUT2D eigenvalue weighted by Crippen LogP contribution is 2.31. The molecule has 0 amide bonds. The number of hydrogen-bond donors (Lipinski definition) is 0. The van der Waals surface area contributed by atoms with Crippen molar-refractivity contribution in [1.29, 1.82) is 0 Å². The molecule has 0 atom stereocenters. The first-order valence-electron chi connectivity index (χ1n) is 9.16. The van der Waals surface area contributed by atoms with Crippen molar-refractivity contribution in [1.82, 2.24) is 0 Å². The molecule has 4 aromatic rings. The zero-order valence-electron chi connectivity index (χ0n) is 15.8. The maximum absolute atomic E-state index is 10.9. The van der Waals surface area contributed by atoms with Crippen LogP contribution in [0.5, 0.6) is 0 Å². The van der Waals surface area contributed by atoms with Gasteiger partial charge in [-0.2, -0.15) is 0 Å². The molecule has 0 aliphatic rings. The molecule has 1 aromatic heterocycles. The molecule has 0 saturated heterocycles. The summed E-state index contributed by atoms with van der Waals surface area (Å²) in [7, 11) is 0. The van der Waals surface area contributed by atoms with Gasteiger partial charge in [0.2, 0.25) is 5.55 Å². The lowest BCUT2D eigenvalue weighted by Gasteiger charge is -2.11. The fourth-order valence-electron chi connectivity index (χ4n) is 3.09. The zero-order valence-corrected chi connectivity index (χ0v) is 15.8. The summed E-state index contributed by atoms with van der Waals surface area (Å²) < 4.78 is 6.26. The van der Waals surface area contributed by atoms with E-state index < -0.39 is 4.92 Å². The molecule has 0 spiro atoms. The molecule has 0 bridgehead atoms. The van der Waals surface area contributed by atoms with E-state index in [2.05, 4.69) is 11.1 Å². The molecule has 142 valence electrons. The van der Waals surface area contributed by atoms with E-state index in [1.54, 1.807) is 12.1 Å². The molecule has 4 rings (SSSR count). The smallest absolute Gasteiger partial charge is 0.269 e. The van der Waals surface area contributed by atoms with Gasteiger partial charge in [0.1, 0.15) is 5.76 Å². The van der Waals surface area contributed by atoms with Crippen molar-refractivity contribution < 1.29 is 9.34 Å². The first kappa shape index (κ1) is 18.4. The molecule has 3 aromatic carbocycles. The van der Waals surface area contributed by atoms with Crippen molar-refractivity contribution in [3.05, 3.63) is 112 Å². The Labute approximate surface area is 167 Å². The number of nitrogens with zero attached hydrogens (tertiary/aromatic N) is 2. The van der Waals surface area contributed by atoms with Crippen molar-refractivity contribution in [3.63, 3.8) is 0 Å². The van der Waals surface area contributed by atoms with Gasteiger partial charge in [-0.3, -0.25) is 10.1 Å². The van der Waals surface area contributed by atoms with E-state index in [-0.39, 0.29) is 5.69 Å². The number of benzene rings is 3. The van der Waals surface area contributed by atoms with Gasteiger partial charge in [-0.1, -0.05) is 60.7 Å². The Hall–Kier alpha value is -3.99. The van der Waals surface area contributed by atoms with Crippen LogP contribution < -0.4 is 5.55 Å². The van der Waals surface area contributed by atoms with Gasteiger partial charge in [-0.05, 0) is 30.7 Å². The van der Waals surface area contributed by atoms with Gasteiger partial charge in [-0.15, -0.1) is 0 Å². The highest BCUT2D eigenvalue weighted by molar-refractivity contribution is 5.79. The second kappa shape index (κ2) is 7.94. The second-order valence-electron chi connectivity index (χ2n) is 6.59. The summed E-state index contributed by atoms with van der Waals surface area (Å²) >= 11 is 0. The Morgan fingerprint density at radius 2 is 1.41 bits per heavy atom. The van der Waals surface area contributed by atoms with Gasteiger partial charge < -0.3 is 4.42 Å². The quantitative estimate of drug-likeness (QED) is 0.318. The third kappa shape index (κ3) is 3.99. The molecule has 1 heterocycles. The average molecular weight is 382 g/mol. The summed E-state index contributed by atoms with van der Waals surface area (Å²) in [5.41, 5.74) is 4.96. The summed E-state index contributed by atoms with van der Waals surface area (Å²) in [5, 5.41) is 10.9. The van der Waals surface area contributed by atoms with E-state index in [1.807, 2.05) is 67.6 Å². The van der Waals surface area contributed by atoms with Crippen molar-refractivity contribution in [2.45, 2.75) is 6.92 Å². The highest BCUT2D eigenvalue weighted by Gasteiger charge is 2.12. The van der Waals surface area contributed by atoms with E-state index in [0.29, 0.717) is 11.2 Å². The van der Waals surface area contributed by atoms with Crippen LogP contribution in [0.1, 0.15) is 5.56 Å². The summed E-state index contributed by atoms with van der Waals surface area (Å²) in [5.74, 6) is 0.725. The van der Waals surface area contributed by atoms with Crippen LogP contribution in [0, 0.1) is 17.0 Å². The lowest BCUT2D eigenvalue weighted by Crippen LogP contribution is -2.07. The number of non-ortho nitro benzene ring substituents is 1. The van der Waals surface area contributed by atoms with Gasteiger partial charge in [0.25, 0.3) is 5.69 Å². The van der Waals surface area contributed by atoms with Crippen LogP contribution >= 0.6 is 0 Å². The molecule has 0 saturated carbocycles. The fourth-order valence-corrected chi connectivity index (χ4v) is 3.09. The monoisotopic (exact) mass is 382 g/mol. The molecular formula is C24H18N2O3. The van der Waals surface area contributed by atoms with Gasteiger partial charge in [0, 0.05) is 28.8 Å². The van der Waals surface area contributed by atoms with Crippen molar-refractivity contribution in [2.75, 3.05) is 0 Å². The third-order valence-corrected chi connectivity index (χ3v) is 4.55. The van der Waals surface area contributed by atoms with Crippen LogP contribution in [-0.4, -0.2) is 4.92 Å². The predicted octanol–water partition coefficient (Wildman–Crippen LogP) is 6.06. The van der Waals surface area contributed by atoms with Crippen LogP contribution in [0.15, 0.2) is 100 Å². The molecule has 0 fully saturated rings. The number of nitro benzene ring substituents is 1. The fraction of sp³-hybridized carbons (Fsp3) is 0.0417. The van der Waals surface area contributed by atoms with Crippen LogP contribution in [0.4, 0.5) is 11.4 Å². The van der Waals surface area contributed by atoms with E-state index in [0.717, 1.165) is 28.0 Å². The molecule has 29 heavy (non-hydrogen) atoms. The SMILES string of the molecule is Cc1cc(-c2ccccc2)c(-c2ccccc2)oc1=Nc1ccc([N+](=O)[O-])cc1.